The Morgan fingerprint density at radius 2 is 1.95 bits per heavy atom. The van der Waals surface area contributed by atoms with E-state index in [1.54, 1.807) is 0 Å². The number of carbonyl (C=O) groups is 1. The van der Waals surface area contributed by atoms with Gasteiger partial charge in [0.2, 0.25) is 5.91 Å². The van der Waals surface area contributed by atoms with Crippen LogP contribution >= 0.6 is 0 Å². The fourth-order valence-corrected chi connectivity index (χ4v) is 2.54. The van der Waals surface area contributed by atoms with Crippen molar-refractivity contribution in [2.24, 2.45) is 5.92 Å². The molecule has 0 saturated carbocycles. The number of amides is 1. The molecule has 1 unspecified atom stereocenters. The van der Waals surface area contributed by atoms with Crippen LogP contribution in [0.25, 0.3) is 0 Å². The lowest BCUT2D eigenvalue weighted by Crippen LogP contribution is -2.39. The maximum Gasteiger partial charge on any atom is 0.223 e. The topological polar surface area (TPSA) is 41.1 Å². The Morgan fingerprint density at radius 3 is 2.53 bits per heavy atom. The maximum atomic E-state index is 12.2. The van der Waals surface area contributed by atoms with Gasteiger partial charge in [0.15, 0.2) is 0 Å². The summed E-state index contributed by atoms with van der Waals surface area (Å²) in [5.41, 5.74) is 2.51. The predicted octanol–water partition coefficient (Wildman–Crippen LogP) is 2.43. The summed E-state index contributed by atoms with van der Waals surface area (Å²) in [6.45, 7) is 6.12. The molecule has 1 aromatic carbocycles. The van der Waals surface area contributed by atoms with Crippen molar-refractivity contribution in [2.45, 2.75) is 39.2 Å². The number of hydrogen-bond donors (Lipinski definition) is 2. The molecule has 2 rings (SSSR count). The van der Waals surface area contributed by atoms with Crippen LogP contribution in [0.15, 0.2) is 24.3 Å². The molecule has 1 amide bonds. The monoisotopic (exact) mass is 260 g/mol. The van der Waals surface area contributed by atoms with Crippen LogP contribution in [-0.2, 0) is 11.2 Å². The molecule has 3 heteroatoms. The van der Waals surface area contributed by atoms with Gasteiger partial charge in [-0.1, -0.05) is 31.2 Å². The molecule has 1 aromatic rings. The van der Waals surface area contributed by atoms with Gasteiger partial charge in [-0.15, -0.1) is 0 Å². The van der Waals surface area contributed by atoms with Gasteiger partial charge < -0.3 is 10.6 Å². The molecule has 19 heavy (non-hydrogen) atoms. The third-order valence-electron chi connectivity index (χ3n) is 3.96. The zero-order chi connectivity index (χ0) is 13.7. The van der Waals surface area contributed by atoms with Gasteiger partial charge in [0.25, 0.3) is 0 Å². The molecule has 2 N–H and O–H groups in total. The Hall–Kier alpha value is -1.35. The number of aryl methyl sites for hydroxylation is 1. The third-order valence-corrected chi connectivity index (χ3v) is 3.96. The smallest absolute Gasteiger partial charge is 0.223 e. The van der Waals surface area contributed by atoms with E-state index >= 15 is 0 Å². The Kier molecular flexibility index (Phi) is 4.97. The van der Waals surface area contributed by atoms with Gasteiger partial charge in [0, 0.05) is 5.92 Å². The minimum absolute atomic E-state index is 0.0910. The van der Waals surface area contributed by atoms with E-state index < -0.39 is 0 Å². The molecule has 0 aliphatic carbocycles. The van der Waals surface area contributed by atoms with E-state index in [1.807, 2.05) is 0 Å². The first-order valence-electron chi connectivity index (χ1n) is 7.30. The zero-order valence-corrected chi connectivity index (χ0v) is 11.9. The van der Waals surface area contributed by atoms with Crippen LogP contribution in [-0.4, -0.2) is 19.0 Å². The molecule has 0 spiro atoms. The summed E-state index contributed by atoms with van der Waals surface area (Å²) >= 11 is 0. The van der Waals surface area contributed by atoms with Gasteiger partial charge >= 0.3 is 0 Å². The second-order valence-electron chi connectivity index (χ2n) is 5.35. The van der Waals surface area contributed by atoms with Crippen molar-refractivity contribution in [1.82, 2.24) is 10.6 Å². The lowest BCUT2D eigenvalue weighted by Gasteiger charge is -2.24. The van der Waals surface area contributed by atoms with E-state index in [0.29, 0.717) is 0 Å². The van der Waals surface area contributed by atoms with Gasteiger partial charge in [-0.3, -0.25) is 4.79 Å². The Labute approximate surface area is 115 Å². The molecule has 104 valence electrons. The summed E-state index contributed by atoms with van der Waals surface area (Å²) in [5.74, 6) is 0.382. The Balaban J connectivity index is 1.91. The molecule has 1 heterocycles. The van der Waals surface area contributed by atoms with Crippen LogP contribution in [0, 0.1) is 5.92 Å². The maximum absolute atomic E-state index is 12.2. The largest absolute Gasteiger partial charge is 0.349 e. The summed E-state index contributed by atoms with van der Waals surface area (Å²) in [4.78, 5) is 12.2. The SMILES string of the molecule is CCc1ccc(C(C)NC(=O)C2CCNCC2)cc1. The number of nitrogens with one attached hydrogen (secondary N) is 2. The number of carbonyl (C=O) groups excluding carboxylic acids is 1. The van der Waals surface area contributed by atoms with E-state index in [2.05, 4.69) is 48.7 Å². The van der Waals surface area contributed by atoms with E-state index in [4.69, 9.17) is 0 Å². The van der Waals surface area contributed by atoms with Crippen molar-refractivity contribution in [2.75, 3.05) is 13.1 Å². The molecular weight excluding hydrogens is 236 g/mol. The summed E-state index contributed by atoms with van der Waals surface area (Å²) in [7, 11) is 0. The van der Waals surface area contributed by atoms with Crippen LogP contribution in [0.3, 0.4) is 0 Å². The molecule has 0 aromatic heterocycles. The van der Waals surface area contributed by atoms with E-state index in [9.17, 15) is 4.79 Å². The van der Waals surface area contributed by atoms with E-state index in [0.717, 1.165) is 32.4 Å². The highest BCUT2D eigenvalue weighted by Crippen LogP contribution is 2.17. The minimum atomic E-state index is 0.0910. The van der Waals surface area contributed by atoms with Gasteiger partial charge in [0.05, 0.1) is 6.04 Å². The molecule has 1 fully saturated rings. The number of benzene rings is 1. The molecule has 3 nitrogen and oxygen atoms in total. The van der Waals surface area contributed by atoms with Crippen molar-refractivity contribution in [3.8, 4) is 0 Å². The standard InChI is InChI=1S/C16H24N2O/c1-3-13-4-6-14(7-5-13)12(2)18-16(19)15-8-10-17-11-9-15/h4-7,12,15,17H,3,8-11H2,1-2H3,(H,18,19). The summed E-state index contributed by atoms with van der Waals surface area (Å²) in [6.07, 6.45) is 2.96. The zero-order valence-electron chi connectivity index (χ0n) is 11.9. The first kappa shape index (κ1) is 14.1. The van der Waals surface area contributed by atoms with Crippen LogP contribution in [0.4, 0.5) is 0 Å². The van der Waals surface area contributed by atoms with Gasteiger partial charge in [-0.25, -0.2) is 0 Å². The van der Waals surface area contributed by atoms with Gasteiger partial charge in [-0.05, 0) is 50.4 Å². The quantitative estimate of drug-likeness (QED) is 0.873. The lowest BCUT2D eigenvalue weighted by molar-refractivity contribution is -0.126. The average molecular weight is 260 g/mol. The normalized spacial score (nSPS) is 18.0. The molecule has 1 aliphatic heterocycles. The summed E-state index contributed by atoms with van der Waals surface area (Å²) in [6, 6.07) is 8.61. The highest BCUT2D eigenvalue weighted by Gasteiger charge is 2.22. The fraction of sp³-hybridized carbons (Fsp3) is 0.562. The number of piperidine rings is 1. The van der Waals surface area contributed by atoms with E-state index in [-0.39, 0.29) is 17.9 Å². The third kappa shape index (κ3) is 3.80. The number of rotatable bonds is 4. The van der Waals surface area contributed by atoms with Crippen LogP contribution < -0.4 is 10.6 Å². The summed E-state index contributed by atoms with van der Waals surface area (Å²) < 4.78 is 0. The van der Waals surface area contributed by atoms with Gasteiger partial charge in [-0.2, -0.15) is 0 Å². The fourth-order valence-electron chi connectivity index (χ4n) is 2.54. The number of hydrogen-bond acceptors (Lipinski definition) is 2. The molecule has 1 saturated heterocycles. The minimum Gasteiger partial charge on any atom is -0.349 e. The van der Waals surface area contributed by atoms with E-state index in [1.165, 1.54) is 11.1 Å². The van der Waals surface area contributed by atoms with Gasteiger partial charge in [0.1, 0.15) is 0 Å². The molecule has 1 atom stereocenters. The lowest BCUT2D eigenvalue weighted by atomic mass is 9.96. The van der Waals surface area contributed by atoms with Crippen LogP contribution in [0.5, 0.6) is 0 Å². The second kappa shape index (κ2) is 6.71. The van der Waals surface area contributed by atoms with Crippen molar-refractivity contribution >= 4 is 5.91 Å². The molecule has 0 bridgehead atoms. The van der Waals surface area contributed by atoms with Crippen molar-refractivity contribution in [3.63, 3.8) is 0 Å². The first-order valence-corrected chi connectivity index (χ1v) is 7.30. The highest BCUT2D eigenvalue weighted by molar-refractivity contribution is 5.79. The van der Waals surface area contributed by atoms with Crippen LogP contribution in [0.2, 0.25) is 0 Å². The summed E-state index contributed by atoms with van der Waals surface area (Å²) in [5, 5.41) is 6.42. The van der Waals surface area contributed by atoms with Crippen molar-refractivity contribution in [3.05, 3.63) is 35.4 Å². The van der Waals surface area contributed by atoms with Crippen molar-refractivity contribution < 1.29 is 4.79 Å². The highest BCUT2D eigenvalue weighted by atomic mass is 16.1. The average Bonchev–Trinajstić information content (AvgIpc) is 2.48. The van der Waals surface area contributed by atoms with Crippen LogP contribution in [0.1, 0.15) is 43.9 Å². The predicted molar refractivity (Wildman–Crippen MR) is 78.0 cm³/mol. The first-order chi connectivity index (χ1) is 9.20. The van der Waals surface area contributed by atoms with Crippen molar-refractivity contribution in [1.29, 1.82) is 0 Å². The second-order valence-corrected chi connectivity index (χ2v) is 5.35. The Bertz CT molecular complexity index is 407. The molecule has 0 radical (unpaired) electrons. The molecular formula is C16H24N2O. The molecule has 1 aliphatic rings. The Morgan fingerprint density at radius 1 is 1.32 bits per heavy atom.